The van der Waals surface area contributed by atoms with E-state index in [0.29, 0.717) is 5.46 Å². The summed E-state index contributed by atoms with van der Waals surface area (Å²) in [5.74, 6) is 0.732. The predicted molar refractivity (Wildman–Crippen MR) is 60.9 cm³/mol. The molecule has 2 nitrogen and oxygen atoms in total. The van der Waals surface area contributed by atoms with Crippen molar-refractivity contribution >= 4 is 13.3 Å². The lowest BCUT2D eigenvalue weighted by atomic mass is 9.74. The van der Waals surface area contributed by atoms with Crippen LogP contribution in [-0.2, 0) is 10.3 Å². The van der Waals surface area contributed by atoms with E-state index in [-0.39, 0.29) is 5.60 Å². The van der Waals surface area contributed by atoms with Gasteiger partial charge in [0.1, 0.15) is 13.6 Å². The molecule has 1 aliphatic carbocycles. The summed E-state index contributed by atoms with van der Waals surface area (Å²) in [4.78, 5) is 0. The number of hydrogen-bond acceptors (Lipinski definition) is 2. The smallest absolute Gasteiger partial charge is 0.119 e. The molecule has 3 heteroatoms. The number of benzene rings is 1. The van der Waals surface area contributed by atoms with Crippen molar-refractivity contribution in [1.29, 1.82) is 0 Å². The summed E-state index contributed by atoms with van der Waals surface area (Å²) in [6.07, 6.45) is 3.38. The Morgan fingerprint density at radius 1 is 1.27 bits per heavy atom. The Bertz CT molecular complexity index is 353. The molecule has 0 N–H and O–H groups in total. The van der Waals surface area contributed by atoms with Gasteiger partial charge in [0.25, 0.3) is 0 Å². The Hall–Kier alpha value is -0.955. The van der Waals surface area contributed by atoms with Crippen LogP contribution in [0.15, 0.2) is 18.2 Å². The summed E-state index contributed by atoms with van der Waals surface area (Å²) in [6.45, 7) is 0. The van der Waals surface area contributed by atoms with Gasteiger partial charge in [0.2, 0.25) is 0 Å². The molecule has 1 aliphatic rings. The van der Waals surface area contributed by atoms with Crippen LogP contribution in [0.5, 0.6) is 5.75 Å². The Balaban J connectivity index is 2.36. The molecule has 0 bridgehead atoms. The van der Waals surface area contributed by atoms with Gasteiger partial charge in [-0.3, -0.25) is 0 Å². The zero-order valence-corrected chi connectivity index (χ0v) is 9.25. The molecule has 0 aliphatic heterocycles. The van der Waals surface area contributed by atoms with Gasteiger partial charge >= 0.3 is 0 Å². The zero-order valence-electron chi connectivity index (χ0n) is 9.25. The minimum absolute atomic E-state index is 0.0962. The van der Waals surface area contributed by atoms with E-state index in [1.165, 1.54) is 12.0 Å². The Kier molecular flexibility index (Phi) is 2.74. The molecule has 2 rings (SSSR count). The Labute approximate surface area is 92.0 Å². The van der Waals surface area contributed by atoms with Gasteiger partial charge in [-0.2, -0.15) is 0 Å². The van der Waals surface area contributed by atoms with Gasteiger partial charge in [0.15, 0.2) is 0 Å². The van der Waals surface area contributed by atoms with Crippen molar-refractivity contribution in [2.75, 3.05) is 14.2 Å². The maximum atomic E-state index is 5.78. The fourth-order valence-electron chi connectivity index (χ4n) is 2.10. The first-order valence-corrected chi connectivity index (χ1v) is 5.21. The highest BCUT2D eigenvalue weighted by Gasteiger charge is 2.38. The molecule has 2 radical (unpaired) electrons. The monoisotopic (exact) mass is 202 g/mol. The van der Waals surface area contributed by atoms with Crippen LogP contribution in [0.2, 0.25) is 0 Å². The van der Waals surface area contributed by atoms with Gasteiger partial charge in [-0.25, -0.2) is 0 Å². The minimum Gasteiger partial charge on any atom is -0.497 e. The van der Waals surface area contributed by atoms with Crippen LogP contribution in [0.3, 0.4) is 0 Å². The summed E-state index contributed by atoms with van der Waals surface area (Å²) in [5, 5.41) is 0. The highest BCUT2D eigenvalue weighted by Crippen LogP contribution is 2.44. The van der Waals surface area contributed by atoms with E-state index in [2.05, 4.69) is 0 Å². The average molecular weight is 202 g/mol. The molecule has 1 saturated carbocycles. The van der Waals surface area contributed by atoms with E-state index in [4.69, 9.17) is 17.3 Å². The van der Waals surface area contributed by atoms with Crippen molar-refractivity contribution in [2.45, 2.75) is 24.9 Å². The standard InChI is InChI=1S/C12H15BO2/c1-14-11-8-9(4-5-10(11)13)12(15-2)6-3-7-12/h4-5,8H,3,6-7H2,1-2H3. The van der Waals surface area contributed by atoms with Crippen molar-refractivity contribution in [3.63, 3.8) is 0 Å². The van der Waals surface area contributed by atoms with Gasteiger partial charge in [0, 0.05) is 7.11 Å². The number of methoxy groups -OCH3 is 2. The third kappa shape index (κ3) is 1.65. The van der Waals surface area contributed by atoms with Crippen LogP contribution in [0, 0.1) is 0 Å². The zero-order chi connectivity index (χ0) is 10.9. The van der Waals surface area contributed by atoms with E-state index in [1.807, 2.05) is 18.2 Å². The van der Waals surface area contributed by atoms with Crippen molar-refractivity contribution in [3.05, 3.63) is 23.8 Å². The van der Waals surface area contributed by atoms with Gasteiger partial charge in [0.05, 0.1) is 12.7 Å². The van der Waals surface area contributed by atoms with E-state index >= 15 is 0 Å². The lowest BCUT2D eigenvalue weighted by Crippen LogP contribution is -2.36. The lowest BCUT2D eigenvalue weighted by molar-refractivity contribution is -0.0779. The largest absolute Gasteiger partial charge is 0.497 e. The maximum Gasteiger partial charge on any atom is 0.119 e. The molecular weight excluding hydrogens is 187 g/mol. The lowest BCUT2D eigenvalue weighted by Gasteiger charge is -2.41. The van der Waals surface area contributed by atoms with Crippen molar-refractivity contribution < 1.29 is 9.47 Å². The topological polar surface area (TPSA) is 18.5 Å². The number of rotatable bonds is 3. The van der Waals surface area contributed by atoms with Crippen LogP contribution >= 0.6 is 0 Å². The molecule has 0 unspecified atom stereocenters. The first-order valence-electron chi connectivity index (χ1n) is 5.21. The molecule has 0 atom stereocenters. The van der Waals surface area contributed by atoms with Gasteiger partial charge in [-0.15, -0.1) is 0 Å². The second kappa shape index (κ2) is 3.89. The quantitative estimate of drug-likeness (QED) is 0.691. The second-order valence-electron chi connectivity index (χ2n) is 4.01. The van der Waals surface area contributed by atoms with E-state index in [9.17, 15) is 0 Å². The van der Waals surface area contributed by atoms with E-state index in [0.717, 1.165) is 18.6 Å². The predicted octanol–water partition coefficient (Wildman–Crippen LogP) is 1.51. The molecule has 0 spiro atoms. The number of ether oxygens (including phenoxy) is 2. The maximum absolute atomic E-state index is 5.78. The molecular formula is C12H15BO2. The molecule has 1 fully saturated rings. The third-order valence-electron chi connectivity index (χ3n) is 3.31. The minimum atomic E-state index is -0.0962. The third-order valence-corrected chi connectivity index (χ3v) is 3.31. The average Bonchev–Trinajstić information content (AvgIpc) is 2.19. The van der Waals surface area contributed by atoms with E-state index in [1.54, 1.807) is 14.2 Å². The fourth-order valence-corrected chi connectivity index (χ4v) is 2.10. The first kappa shape index (κ1) is 10.6. The van der Waals surface area contributed by atoms with Crippen LogP contribution in [0.1, 0.15) is 24.8 Å². The molecule has 78 valence electrons. The molecule has 0 saturated heterocycles. The fraction of sp³-hybridized carbons (Fsp3) is 0.500. The summed E-state index contributed by atoms with van der Waals surface area (Å²) in [7, 11) is 9.18. The summed E-state index contributed by atoms with van der Waals surface area (Å²) < 4.78 is 10.8. The Morgan fingerprint density at radius 3 is 2.47 bits per heavy atom. The normalized spacial score (nSPS) is 18.3. The summed E-state index contributed by atoms with van der Waals surface area (Å²) in [5.41, 5.74) is 1.75. The highest BCUT2D eigenvalue weighted by atomic mass is 16.5. The van der Waals surface area contributed by atoms with Crippen molar-refractivity contribution in [3.8, 4) is 5.75 Å². The summed E-state index contributed by atoms with van der Waals surface area (Å²) in [6, 6.07) is 5.89. The molecule has 1 aromatic rings. The molecule has 0 aromatic heterocycles. The van der Waals surface area contributed by atoms with Gasteiger partial charge in [-0.1, -0.05) is 17.6 Å². The second-order valence-corrected chi connectivity index (χ2v) is 4.01. The van der Waals surface area contributed by atoms with Gasteiger partial charge in [-0.05, 0) is 30.9 Å². The summed E-state index contributed by atoms with van der Waals surface area (Å²) >= 11 is 0. The molecule has 0 heterocycles. The molecule has 0 amide bonds. The Morgan fingerprint density at radius 2 is 2.00 bits per heavy atom. The van der Waals surface area contributed by atoms with Crippen molar-refractivity contribution in [2.24, 2.45) is 0 Å². The molecule has 1 aromatic carbocycles. The van der Waals surface area contributed by atoms with Crippen molar-refractivity contribution in [1.82, 2.24) is 0 Å². The van der Waals surface area contributed by atoms with Crippen LogP contribution in [-0.4, -0.2) is 22.1 Å². The molecule has 15 heavy (non-hydrogen) atoms. The SMILES string of the molecule is [B]c1ccc(C2(OC)CCC2)cc1OC. The van der Waals surface area contributed by atoms with Gasteiger partial charge < -0.3 is 9.47 Å². The first-order chi connectivity index (χ1) is 7.22. The van der Waals surface area contributed by atoms with Crippen LogP contribution < -0.4 is 10.2 Å². The number of hydrogen-bond donors (Lipinski definition) is 0. The highest BCUT2D eigenvalue weighted by molar-refractivity contribution is 6.34. The van der Waals surface area contributed by atoms with E-state index < -0.39 is 0 Å². The van der Waals surface area contributed by atoms with Crippen LogP contribution in [0.4, 0.5) is 0 Å². The van der Waals surface area contributed by atoms with Crippen LogP contribution in [0.25, 0.3) is 0 Å².